The molecule has 0 radical (unpaired) electrons. The van der Waals surface area contributed by atoms with Gasteiger partial charge in [0.05, 0.1) is 0 Å². The Hall–Kier alpha value is -1.05. The van der Waals surface area contributed by atoms with Crippen LogP contribution < -0.4 is 0 Å². The van der Waals surface area contributed by atoms with Crippen molar-refractivity contribution in [1.82, 2.24) is 0 Å². The Kier molecular flexibility index (Phi) is 4.11. The number of allylic oxidation sites excluding steroid dienone is 1. The van der Waals surface area contributed by atoms with Crippen LogP contribution in [0, 0.1) is 5.41 Å². The Balaban J connectivity index is 4.40. The van der Waals surface area contributed by atoms with Gasteiger partial charge >= 0.3 is 5.97 Å². The molecule has 14 heavy (non-hydrogen) atoms. The molecule has 0 saturated carbocycles. The smallest absolute Gasteiger partial charge is 0.330 e. The summed E-state index contributed by atoms with van der Waals surface area (Å²) in [7, 11) is 0. The lowest BCUT2D eigenvalue weighted by Crippen LogP contribution is -2.32. The van der Waals surface area contributed by atoms with Crippen LogP contribution in [0.1, 0.15) is 34.1 Å². The van der Waals surface area contributed by atoms with Crippen LogP contribution in [0.4, 0.5) is 0 Å². The lowest BCUT2D eigenvalue weighted by Gasteiger charge is -2.32. The van der Waals surface area contributed by atoms with Crippen LogP contribution in [0.5, 0.6) is 0 Å². The van der Waals surface area contributed by atoms with E-state index >= 15 is 0 Å². The minimum atomic E-state index is -0.483. The van der Waals surface area contributed by atoms with Crippen LogP contribution in [-0.4, -0.2) is 11.6 Å². The van der Waals surface area contributed by atoms with E-state index in [0.717, 1.165) is 6.42 Å². The Morgan fingerprint density at radius 1 is 1.29 bits per heavy atom. The van der Waals surface area contributed by atoms with Crippen molar-refractivity contribution in [2.75, 3.05) is 0 Å². The highest BCUT2D eigenvalue weighted by molar-refractivity contribution is 5.81. The molecule has 0 aliphatic carbocycles. The quantitative estimate of drug-likeness (QED) is 0.383. The molecular formula is C12H20O2. The van der Waals surface area contributed by atoms with Gasteiger partial charge in [0.2, 0.25) is 0 Å². The van der Waals surface area contributed by atoms with E-state index in [9.17, 15) is 4.79 Å². The number of carbonyl (C=O) groups excluding carboxylic acids is 1. The number of carbonyl (C=O) groups is 1. The summed E-state index contributed by atoms with van der Waals surface area (Å²) in [6, 6.07) is 0. The molecule has 80 valence electrons. The zero-order valence-corrected chi connectivity index (χ0v) is 9.59. The van der Waals surface area contributed by atoms with E-state index in [4.69, 9.17) is 4.74 Å². The SMILES string of the molecule is C=CC(=O)OC(C)(C)CC(C)(C)C=C. The fourth-order valence-corrected chi connectivity index (χ4v) is 1.52. The van der Waals surface area contributed by atoms with Crippen LogP contribution in [0.25, 0.3) is 0 Å². The first kappa shape index (κ1) is 12.9. The van der Waals surface area contributed by atoms with Gasteiger partial charge < -0.3 is 4.74 Å². The molecule has 0 amide bonds. The maximum Gasteiger partial charge on any atom is 0.330 e. The largest absolute Gasteiger partial charge is 0.456 e. The number of hydrogen-bond acceptors (Lipinski definition) is 2. The van der Waals surface area contributed by atoms with Crippen LogP contribution in [0.3, 0.4) is 0 Å². The first-order valence-electron chi connectivity index (χ1n) is 4.71. The van der Waals surface area contributed by atoms with Crippen molar-refractivity contribution in [3.8, 4) is 0 Å². The van der Waals surface area contributed by atoms with Crippen molar-refractivity contribution >= 4 is 5.97 Å². The third-order valence-corrected chi connectivity index (χ3v) is 1.98. The summed E-state index contributed by atoms with van der Waals surface area (Å²) >= 11 is 0. The number of rotatable bonds is 5. The summed E-state index contributed by atoms with van der Waals surface area (Å²) in [5.41, 5.74) is -0.520. The monoisotopic (exact) mass is 196 g/mol. The summed E-state index contributed by atoms with van der Waals surface area (Å²) in [5.74, 6) is -0.380. The summed E-state index contributed by atoms with van der Waals surface area (Å²) in [4.78, 5) is 11.0. The van der Waals surface area contributed by atoms with E-state index in [-0.39, 0.29) is 11.4 Å². The van der Waals surface area contributed by atoms with E-state index < -0.39 is 5.60 Å². The molecule has 0 aromatic carbocycles. The molecule has 0 fully saturated rings. The topological polar surface area (TPSA) is 26.3 Å². The van der Waals surface area contributed by atoms with Crippen molar-refractivity contribution in [2.45, 2.75) is 39.7 Å². The van der Waals surface area contributed by atoms with Crippen LogP contribution in [0.2, 0.25) is 0 Å². The predicted octanol–water partition coefficient (Wildman–Crippen LogP) is 3.10. The lowest BCUT2D eigenvalue weighted by molar-refractivity contribution is -0.152. The van der Waals surface area contributed by atoms with Crippen LogP contribution >= 0.6 is 0 Å². The van der Waals surface area contributed by atoms with E-state index in [1.807, 2.05) is 19.9 Å². The van der Waals surface area contributed by atoms with Crippen molar-refractivity contribution < 1.29 is 9.53 Å². The van der Waals surface area contributed by atoms with Gasteiger partial charge in [0.1, 0.15) is 5.60 Å². The second-order valence-corrected chi connectivity index (χ2v) is 4.75. The maximum absolute atomic E-state index is 11.0. The summed E-state index contributed by atoms with van der Waals surface area (Å²) in [6.45, 7) is 15.0. The molecule has 0 atom stereocenters. The molecule has 0 heterocycles. The van der Waals surface area contributed by atoms with Gasteiger partial charge in [-0.15, -0.1) is 6.58 Å². The molecule has 0 aliphatic rings. The maximum atomic E-state index is 11.0. The molecule has 0 aromatic rings. The standard InChI is InChI=1S/C12H20O2/c1-7-10(13)14-12(5,6)9-11(3,4)8-2/h7-8H,1-2,9H2,3-6H3. The highest BCUT2D eigenvalue weighted by Crippen LogP contribution is 2.30. The Morgan fingerprint density at radius 3 is 2.14 bits per heavy atom. The number of hydrogen-bond donors (Lipinski definition) is 0. The normalized spacial score (nSPS) is 12.0. The van der Waals surface area contributed by atoms with Crippen LogP contribution in [-0.2, 0) is 9.53 Å². The van der Waals surface area contributed by atoms with E-state index in [1.54, 1.807) is 0 Å². The fourth-order valence-electron chi connectivity index (χ4n) is 1.52. The van der Waals surface area contributed by atoms with Gasteiger partial charge in [0, 0.05) is 6.08 Å². The van der Waals surface area contributed by atoms with E-state index in [1.165, 1.54) is 6.08 Å². The van der Waals surface area contributed by atoms with Gasteiger partial charge in [-0.05, 0) is 25.7 Å². The Labute approximate surface area is 86.6 Å². The van der Waals surface area contributed by atoms with Gasteiger partial charge in [0.15, 0.2) is 0 Å². The third kappa shape index (κ3) is 4.85. The van der Waals surface area contributed by atoms with Gasteiger partial charge in [-0.3, -0.25) is 0 Å². The second-order valence-electron chi connectivity index (χ2n) is 4.75. The molecular weight excluding hydrogens is 176 g/mol. The van der Waals surface area contributed by atoms with Crippen LogP contribution in [0.15, 0.2) is 25.3 Å². The van der Waals surface area contributed by atoms with Crippen molar-refractivity contribution in [3.05, 3.63) is 25.3 Å². The summed E-state index contributed by atoms with van der Waals surface area (Å²) < 4.78 is 5.22. The molecule has 0 aliphatic heterocycles. The number of ether oxygens (including phenoxy) is 1. The van der Waals surface area contributed by atoms with Crippen molar-refractivity contribution in [3.63, 3.8) is 0 Å². The van der Waals surface area contributed by atoms with Gasteiger partial charge in [-0.1, -0.05) is 26.5 Å². The van der Waals surface area contributed by atoms with Crippen molar-refractivity contribution in [1.29, 1.82) is 0 Å². The number of esters is 1. The Morgan fingerprint density at radius 2 is 1.79 bits per heavy atom. The molecule has 0 unspecified atom stereocenters. The first-order valence-corrected chi connectivity index (χ1v) is 4.71. The Bertz CT molecular complexity index is 237. The van der Waals surface area contributed by atoms with Gasteiger partial charge in [0.25, 0.3) is 0 Å². The highest BCUT2D eigenvalue weighted by atomic mass is 16.6. The van der Waals surface area contributed by atoms with E-state index in [2.05, 4.69) is 27.0 Å². The molecule has 2 nitrogen and oxygen atoms in total. The third-order valence-electron chi connectivity index (χ3n) is 1.98. The molecule has 0 spiro atoms. The molecule has 0 bridgehead atoms. The minimum Gasteiger partial charge on any atom is -0.456 e. The van der Waals surface area contributed by atoms with E-state index in [0.29, 0.717) is 0 Å². The average molecular weight is 196 g/mol. The molecule has 0 N–H and O–H groups in total. The summed E-state index contributed by atoms with van der Waals surface area (Å²) in [5, 5.41) is 0. The molecule has 2 heteroatoms. The summed E-state index contributed by atoms with van der Waals surface area (Å²) in [6.07, 6.45) is 3.79. The molecule has 0 rings (SSSR count). The molecule has 0 aromatic heterocycles. The molecule has 0 saturated heterocycles. The second kappa shape index (κ2) is 4.45. The van der Waals surface area contributed by atoms with Crippen molar-refractivity contribution in [2.24, 2.45) is 5.41 Å². The highest BCUT2D eigenvalue weighted by Gasteiger charge is 2.29. The zero-order valence-electron chi connectivity index (χ0n) is 9.59. The first-order chi connectivity index (χ1) is 6.22. The lowest BCUT2D eigenvalue weighted by atomic mass is 9.82. The average Bonchev–Trinajstić information content (AvgIpc) is 2.01. The van der Waals surface area contributed by atoms with Gasteiger partial charge in [-0.2, -0.15) is 0 Å². The predicted molar refractivity (Wildman–Crippen MR) is 59.0 cm³/mol. The zero-order chi connectivity index (χ0) is 11.4. The minimum absolute atomic E-state index is 0.0368. The fraction of sp³-hybridized carbons (Fsp3) is 0.583. The van der Waals surface area contributed by atoms with Gasteiger partial charge in [-0.25, -0.2) is 4.79 Å².